The van der Waals surface area contributed by atoms with Crippen LogP contribution in [-0.2, 0) is 14.4 Å². The molecule has 0 spiro atoms. The van der Waals surface area contributed by atoms with Gasteiger partial charge in [-0.25, -0.2) is 4.90 Å². The second-order valence-corrected chi connectivity index (χ2v) is 7.23. The van der Waals surface area contributed by atoms with Crippen molar-refractivity contribution in [3.63, 3.8) is 0 Å². The summed E-state index contributed by atoms with van der Waals surface area (Å²) >= 11 is 0. The minimum atomic E-state index is -0.548. The summed E-state index contributed by atoms with van der Waals surface area (Å²) in [4.78, 5) is 40.4. The Kier molecular flexibility index (Phi) is 2.85. The Morgan fingerprint density at radius 3 is 2.24 bits per heavy atom. The van der Waals surface area contributed by atoms with E-state index >= 15 is 0 Å². The molecule has 2 amide bonds. The molecule has 2 aromatic rings. The number of ketones is 1. The molecule has 1 aliphatic heterocycles. The molecule has 4 nitrogen and oxygen atoms in total. The number of aryl methyl sites for hydroxylation is 1. The van der Waals surface area contributed by atoms with Gasteiger partial charge in [-0.3, -0.25) is 14.4 Å². The monoisotopic (exact) mass is 331 g/mol. The first-order chi connectivity index (χ1) is 12.1. The average molecular weight is 331 g/mol. The van der Waals surface area contributed by atoms with Crippen LogP contribution in [0.15, 0.2) is 48.5 Å². The van der Waals surface area contributed by atoms with E-state index in [1.165, 1.54) is 4.90 Å². The standard InChI is InChI=1S/C21H17NO3/c1-11-6-2-5-9-15(11)22-20(24)18-14-10-16(23)17(19(18)21(22)25)13-8-4-3-7-12(13)14/h2-9,14,17-19H,10H2,1H3/t14-,17-,18-,19-/m0/s1. The third-order valence-corrected chi connectivity index (χ3v) is 6.05. The predicted octanol–water partition coefficient (Wildman–Crippen LogP) is 2.95. The summed E-state index contributed by atoms with van der Waals surface area (Å²) in [6, 6.07) is 15.2. The van der Waals surface area contributed by atoms with Crippen LogP contribution >= 0.6 is 0 Å². The molecule has 2 bridgehead atoms. The highest BCUT2D eigenvalue weighted by Gasteiger charge is 2.62. The highest BCUT2D eigenvalue weighted by atomic mass is 16.2. The van der Waals surface area contributed by atoms with Crippen molar-refractivity contribution < 1.29 is 14.4 Å². The minimum Gasteiger partial charge on any atom is -0.299 e. The molecule has 1 saturated heterocycles. The summed E-state index contributed by atoms with van der Waals surface area (Å²) < 4.78 is 0. The fraction of sp³-hybridized carbons (Fsp3) is 0.286. The highest BCUT2D eigenvalue weighted by Crippen LogP contribution is 2.57. The number of Topliss-reactive ketones (excluding diaryl/α,β-unsaturated/α-hetero) is 1. The van der Waals surface area contributed by atoms with Gasteiger partial charge in [-0.15, -0.1) is 0 Å². The lowest BCUT2D eigenvalue weighted by Gasteiger charge is -2.43. The van der Waals surface area contributed by atoms with Crippen LogP contribution < -0.4 is 4.90 Å². The molecule has 1 saturated carbocycles. The molecule has 0 aromatic heterocycles. The normalized spacial score (nSPS) is 29.8. The van der Waals surface area contributed by atoms with Gasteiger partial charge < -0.3 is 0 Å². The van der Waals surface area contributed by atoms with Crippen LogP contribution in [0.2, 0.25) is 0 Å². The molecule has 0 N–H and O–H groups in total. The van der Waals surface area contributed by atoms with Gasteiger partial charge in [0.05, 0.1) is 23.4 Å². The molecule has 0 radical (unpaired) electrons. The van der Waals surface area contributed by atoms with Crippen LogP contribution in [0.3, 0.4) is 0 Å². The lowest BCUT2D eigenvalue weighted by atomic mass is 9.56. The molecule has 1 heterocycles. The summed E-state index contributed by atoms with van der Waals surface area (Å²) in [5.74, 6) is -1.89. The molecule has 2 aromatic carbocycles. The first kappa shape index (κ1) is 14.6. The Balaban J connectivity index is 1.68. The molecule has 6 rings (SSSR count). The number of benzene rings is 2. The van der Waals surface area contributed by atoms with Crippen molar-refractivity contribution in [2.24, 2.45) is 11.8 Å². The van der Waals surface area contributed by atoms with Crippen LogP contribution in [0.25, 0.3) is 0 Å². The van der Waals surface area contributed by atoms with Gasteiger partial charge in [-0.05, 0) is 29.7 Å². The van der Waals surface area contributed by atoms with E-state index in [9.17, 15) is 14.4 Å². The van der Waals surface area contributed by atoms with Crippen molar-refractivity contribution >= 4 is 23.3 Å². The van der Waals surface area contributed by atoms with E-state index in [0.717, 1.165) is 16.7 Å². The average Bonchev–Trinajstić information content (AvgIpc) is 2.88. The van der Waals surface area contributed by atoms with Crippen molar-refractivity contribution in [3.8, 4) is 0 Å². The fourth-order valence-corrected chi connectivity index (χ4v) is 5.01. The Morgan fingerprint density at radius 2 is 1.48 bits per heavy atom. The first-order valence-electron chi connectivity index (χ1n) is 8.64. The Morgan fingerprint density at radius 1 is 0.840 bits per heavy atom. The third kappa shape index (κ3) is 1.74. The molecular weight excluding hydrogens is 314 g/mol. The minimum absolute atomic E-state index is 0.0951. The number of imide groups is 1. The van der Waals surface area contributed by atoms with Gasteiger partial charge in [0.1, 0.15) is 5.78 Å². The number of hydrogen-bond donors (Lipinski definition) is 0. The molecule has 4 atom stereocenters. The van der Waals surface area contributed by atoms with E-state index in [2.05, 4.69) is 0 Å². The smallest absolute Gasteiger partial charge is 0.238 e. The SMILES string of the molecule is Cc1ccccc1N1C(=O)[C@@H]2[C@@H](C1=O)[C@H]1CC(=O)[C@@H]2c2ccccc21. The maximum atomic E-state index is 13.2. The van der Waals surface area contributed by atoms with Gasteiger partial charge in [0, 0.05) is 12.3 Å². The first-order valence-corrected chi connectivity index (χ1v) is 8.64. The van der Waals surface area contributed by atoms with Gasteiger partial charge in [-0.1, -0.05) is 42.5 Å². The Hall–Kier alpha value is -2.75. The second kappa shape index (κ2) is 4.88. The summed E-state index contributed by atoms with van der Waals surface area (Å²) in [7, 11) is 0. The number of carbonyl (C=O) groups is 3. The van der Waals surface area contributed by atoms with Crippen LogP contribution in [0.1, 0.15) is 34.9 Å². The zero-order valence-corrected chi connectivity index (χ0v) is 13.8. The molecule has 4 aliphatic rings. The Bertz CT molecular complexity index is 948. The maximum Gasteiger partial charge on any atom is 0.238 e. The number of amides is 2. The highest BCUT2D eigenvalue weighted by molar-refractivity contribution is 6.25. The molecule has 4 heteroatoms. The number of hydrogen-bond acceptors (Lipinski definition) is 3. The van der Waals surface area contributed by atoms with E-state index in [1.807, 2.05) is 49.4 Å². The second-order valence-electron chi connectivity index (χ2n) is 7.23. The number of rotatable bonds is 1. The molecule has 0 unspecified atom stereocenters. The number of anilines is 1. The number of fused-ring (bicyclic) bond motifs is 1. The summed E-state index contributed by atoms with van der Waals surface area (Å²) in [5, 5.41) is 0. The van der Waals surface area contributed by atoms with Crippen LogP contribution in [-0.4, -0.2) is 17.6 Å². The number of para-hydroxylation sites is 1. The topological polar surface area (TPSA) is 54.5 Å². The van der Waals surface area contributed by atoms with Gasteiger partial charge in [0.15, 0.2) is 0 Å². The van der Waals surface area contributed by atoms with Crippen LogP contribution in [0.5, 0.6) is 0 Å². The van der Waals surface area contributed by atoms with E-state index in [1.54, 1.807) is 6.07 Å². The Labute approximate surface area is 145 Å². The molecular formula is C21H17NO3. The number of carbonyl (C=O) groups excluding carboxylic acids is 3. The van der Waals surface area contributed by atoms with Gasteiger partial charge in [0.2, 0.25) is 11.8 Å². The fourth-order valence-electron chi connectivity index (χ4n) is 5.01. The summed E-state index contributed by atoms with van der Waals surface area (Å²) in [6.45, 7) is 1.90. The van der Waals surface area contributed by atoms with E-state index in [-0.39, 0.29) is 23.5 Å². The predicted molar refractivity (Wildman–Crippen MR) is 92.2 cm³/mol. The van der Waals surface area contributed by atoms with Crippen molar-refractivity contribution in [1.29, 1.82) is 0 Å². The number of nitrogens with zero attached hydrogens (tertiary/aromatic N) is 1. The lowest BCUT2D eigenvalue weighted by molar-refractivity contribution is -0.134. The van der Waals surface area contributed by atoms with E-state index < -0.39 is 17.8 Å². The van der Waals surface area contributed by atoms with Gasteiger partial charge >= 0.3 is 0 Å². The molecule has 3 aliphatic carbocycles. The third-order valence-electron chi connectivity index (χ3n) is 6.05. The van der Waals surface area contributed by atoms with E-state index in [0.29, 0.717) is 12.1 Å². The zero-order chi connectivity index (χ0) is 17.3. The molecule has 25 heavy (non-hydrogen) atoms. The van der Waals surface area contributed by atoms with Crippen molar-refractivity contribution in [3.05, 3.63) is 65.2 Å². The largest absolute Gasteiger partial charge is 0.299 e. The van der Waals surface area contributed by atoms with Crippen molar-refractivity contribution in [2.75, 3.05) is 4.90 Å². The van der Waals surface area contributed by atoms with Gasteiger partial charge in [0.25, 0.3) is 0 Å². The van der Waals surface area contributed by atoms with Crippen molar-refractivity contribution in [1.82, 2.24) is 0 Å². The van der Waals surface area contributed by atoms with Crippen molar-refractivity contribution in [2.45, 2.75) is 25.2 Å². The van der Waals surface area contributed by atoms with Gasteiger partial charge in [-0.2, -0.15) is 0 Å². The summed E-state index contributed by atoms with van der Waals surface area (Å²) in [5.41, 5.74) is 3.54. The summed E-state index contributed by atoms with van der Waals surface area (Å²) in [6.07, 6.45) is 0.365. The van der Waals surface area contributed by atoms with Crippen LogP contribution in [0.4, 0.5) is 5.69 Å². The lowest BCUT2D eigenvalue weighted by Crippen LogP contribution is -2.44. The zero-order valence-electron chi connectivity index (χ0n) is 13.8. The molecule has 124 valence electrons. The van der Waals surface area contributed by atoms with E-state index in [4.69, 9.17) is 0 Å². The van der Waals surface area contributed by atoms with Crippen LogP contribution in [0, 0.1) is 18.8 Å². The maximum absolute atomic E-state index is 13.2. The molecule has 2 fully saturated rings. The quantitative estimate of drug-likeness (QED) is 0.755.